The van der Waals surface area contributed by atoms with Crippen LogP contribution in [0.1, 0.15) is 5.56 Å². The maximum Gasteiger partial charge on any atom is 0.294 e. The number of phenolic OH excluding ortho intramolecular Hbond substituents is 1. The van der Waals surface area contributed by atoms with Gasteiger partial charge in [0.15, 0.2) is 0 Å². The van der Waals surface area contributed by atoms with Gasteiger partial charge in [-0.1, -0.05) is 5.92 Å². The zero-order valence-corrected chi connectivity index (χ0v) is 14.5. The van der Waals surface area contributed by atoms with Crippen molar-refractivity contribution in [3.63, 3.8) is 0 Å². The molecule has 1 fully saturated rings. The van der Waals surface area contributed by atoms with Crippen LogP contribution in [0.4, 0.5) is 4.79 Å². The Morgan fingerprint density at radius 3 is 2.80 bits per heavy atom. The van der Waals surface area contributed by atoms with Crippen molar-refractivity contribution in [2.24, 2.45) is 0 Å². The summed E-state index contributed by atoms with van der Waals surface area (Å²) >= 11 is 6.07. The summed E-state index contributed by atoms with van der Waals surface area (Å²) in [6.07, 6.45) is 6.73. The van der Waals surface area contributed by atoms with Gasteiger partial charge >= 0.3 is 0 Å². The zero-order valence-electron chi connectivity index (χ0n) is 9.89. The third-order valence-corrected chi connectivity index (χ3v) is 4.79. The number of rotatable bonds is 2. The molecule has 4 nitrogen and oxygen atoms in total. The molecule has 0 aliphatic carbocycles. The predicted molar refractivity (Wildman–Crippen MR) is 90.0 cm³/mol. The molecule has 0 atom stereocenters. The van der Waals surface area contributed by atoms with Crippen LogP contribution in [-0.2, 0) is 4.79 Å². The SMILES string of the molecule is C#CCN1C(=O)S/C(=C/c2cc(Br)c(O)c(I)c2)C1=O. The smallest absolute Gasteiger partial charge is 0.294 e. The van der Waals surface area contributed by atoms with E-state index in [9.17, 15) is 14.7 Å². The minimum absolute atomic E-state index is 0.0290. The van der Waals surface area contributed by atoms with Crippen LogP contribution in [0.25, 0.3) is 6.08 Å². The number of terminal acetylenes is 1. The second kappa shape index (κ2) is 6.20. The first-order valence-corrected chi connectivity index (χ1v) is 7.99. The normalized spacial score (nSPS) is 16.9. The minimum Gasteiger partial charge on any atom is -0.506 e. The fourth-order valence-corrected chi connectivity index (χ4v) is 3.88. The topological polar surface area (TPSA) is 57.6 Å². The second-order valence-electron chi connectivity index (χ2n) is 3.81. The van der Waals surface area contributed by atoms with Crippen molar-refractivity contribution >= 4 is 67.5 Å². The summed E-state index contributed by atoms with van der Waals surface area (Å²) in [4.78, 5) is 25.0. The van der Waals surface area contributed by atoms with Gasteiger partial charge < -0.3 is 5.11 Å². The molecule has 1 heterocycles. The minimum atomic E-state index is -0.392. The number of thioether (sulfide) groups is 1. The van der Waals surface area contributed by atoms with Crippen molar-refractivity contribution in [2.45, 2.75) is 0 Å². The number of benzene rings is 1. The van der Waals surface area contributed by atoms with Crippen LogP contribution in [0.5, 0.6) is 5.75 Å². The summed E-state index contributed by atoms with van der Waals surface area (Å²) in [5.41, 5.74) is 0.713. The third kappa shape index (κ3) is 3.02. The molecule has 0 radical (unpaired) electrons. The first kappa shape index (κ1) is 15.4. The quantitative estimate of drug-likeness (QED) is 0.414. The number of imide groups is 1. The average molecular weight is 464 g/mol. The number of carbonyl (C=O) groups excluding carboxylic acids is 2. The molecule has 20 heavy (non-hydrogen) atoms. The van der Waals surface area contributed by atoms with E-state index >= 15 is 0 Å². The lowest BCUT2D eigenvalue weighted by Gasteiger charge is -2.06. The van der Waals surface area contributed by atoms with Crippen LogP contribution in [0.3, 0.4) is 0 Å². The van der Waals surface area contributed by atoms with Gasteiger partial charge in [-0.2, -0.15) is 0 Å². The molecule has 1 aliphatic heterocycles. The van der Waals surface area contributed by atoms with E-state index in [1.54, 1.807) is 18.2 Å². The van der Waals surface area contributed by atoms with Crippen molar-refractivity contribution in [3.8, 4) is 18.1 Å². The zero-order chi connectivity index (χ0) is 14.9. The van der Waals surface area contributed by atoms with Crippen LogP contribution in [0, 0.1) is 15.9 Å². The van der Waals surface area contributed by atoms with Gasteiger partial charge in [0.05, 0.1) is 19.5 Å². The van der Waals surface area contributed by atoms with Gasteiger partial charge in [0.2, 0.25) is 0 Å². The molecule has 1 aliphatic rings. The highest BCUT2D eigenvalue weighted by Gasteiger charge is 2.34. The lowest BCUT2D eigenvalue weighted by atomic mass is 10.2. The molecule has 7 heteroatoms. The van der Waals surface area contributed by atoms with Crippen molar-refractivity contribution in [3.05, 3.63) is 30.6 Å². The molecule has 1 saturated heterocycles. The van der Waals surface area contributed by atoms with E-state index in [2.05, 4.69) is 21.9 Å². The van der Waals surface area contributed by atoms with E-state index in [0.29, 0.717) is 18.5 Å². The molecule has 1 aromatic rings. The number of halogens is 2. The van der Waals surface area contributed by atoms with Gasteiger partial charge in [-0.05, 0) is 74.1 Å². The van der Waals surface area contributed by atoms with Gasteiger partial charge in [0, 0.05) is 0 Å². The van der Waals surface area contributed by atoms with Crippen LogP contribution < -0.4 is 0 Å². The average Bonchev–Trinajstić information content (AvgIpc) is 2.64. The Kier molecular flexibility index (Phi) is 4.78. The van der Waals surface area contributed by atoms with E-state index < -0.39 is 5.91 Å². The number of carbonyl (C=O) groups is 2. The second-order valence-corrected chi connectivity index (χ2v) is 6.81. The first-order valence-electron chi connectivity index (χ1n) is 5.31. The molecule has 0 spiro atoms. The third-order valence-electron chi connectivity index (χ3n) is 2.46. The van der Waals surface area contributed by atoms with Gasteiger partial charge in [0.25, 0.3) is 11.1 Å². The Bertz CT molecular complexity index is 658. The van der Waals surface area contributed by atoms with Crippen LogP contribution in [0.15, 0.2) is 21.5 Å². The van der Waals surface area contributed by atoms with Gasteiger partial charge in [0.1, 0.15) is 5.75 Å². The first-order chi connectivity index (χ1) is 9.43. The molecule has 102 valence electrons. The Balaban J connectivity index is 2.36. The number of aromatic hydroxyl groups is 1. The highest BCUT2D eigenvalue weighted by molar-refractivity contribution is 14.1. The summed E-state index contributed by atoms with van der Waals surface area (Å²) in [5, 5.41) is 9.30. The molecule has 1 N–H and O–H groups in total. The van der Waals surface area contributed by atoms with E-state index in [1.165, 1.54) is 0 Å². The summed E-state index contributed by atoms with van der Waals surface area (Å²) in [5.74, 6) is 2.03. The standard InChI is InChI=1S/C13H7BrINO3S/c1-2-3-16-12(18)10(20-13(16)19)6-7-4-8(14)11(17)9(15)5-7/h1,4-6,17H,3H2/b10-6+. The van der Waals surface area contributed by atoms with Crippen molar-refractivity contribution < 1.29 is 14.7 Å². The largest absolute Gasteiger partial charge is 0.506 e. The fraction of sp³-hybridized carbons (Fsp3) is 0.0769. The molecule has 0 saturated carbocycles. The highest BCUT2D eigenvalue weighted by Crippen LogP contribution is 2.35. The molecule has 2 amide bonds. The van der Waals surface area contributed by atoms with Gasteiger partial charge in [-0.25, -0.2) is 0 Å². The van der Waals surface area contributed by atoms with Crippen LogP contribution in [0.2, 0.25) is 0 Å². The monoisotopic (exact) mass is 463 g/mol. The van der Waals surface area contributed by atoms with Crippen molar-refractivity contribution in [2.75, 3.05) is 6.54 Å². The van der Waals surface area contributed by atoms with Crippen molar-refractivity contribution in [1.82, 2.24) is 4.90 Å². The lowest BCUT2D eigenvalue weighted by molar-refractivity contribution is -0.122. The van der Waals surface area contributed by atoms with Crippen LogP contribution >= 0.6 is 50.3 Å². The summed E-state index contributed by atoms with van der Waals surface area (Å²) in [6, 6.07) is 3.39. The predicted octanol–water partition coefficient (Wildman–Crippen LogP) is 3.43. The molecule has 0 aromatic heterocycles. The maximum atomic E-state index is 12.0. The highest BCUT2D eigenvalue weighted by atomic mass is 127. The Morgan fingerprint density at radius 1 is 1.50 bits per heavy atom. The maximum absolute atomic E-state index is 12.0. The number of nitrogens with zero attached hydrogens (tertiary/aromatic N) is 1. The lowest BCUT2D eigenvalue weighted by Crippen LogP contribution is -2.28. The summed E-state index contributed by atoms with van der Waals surface area (Å²) < 4.78 is 1.17. The molecule has 2 rings (SSSR count). The van der Waals surface area contributed by atoms with Gasteiger partial charge in [-0.15, -0.1) is 6.42 Å². The Hall–Kier alpha value is -0.980. The van der Waals surface area contributed by atoms with Crippen molar-refractivity contribution in [1.29, 1.82) is 0 Å². The Labute approximate surface area is 141 Å². The van der Waals surface area contributed by atoms with Gasteiger partial charge in [-0.3, -0.25) is 14.5 Å². The van der Waals surface area contributed by atoms with E-state index in [0.717, 1.165) is 16.7 Å². The summed E-state index contributed by atoms with van der Waals surface area (Å²) in [7, 11) is 0. The van der Waals surface area contributed by atoms with E-state index in [4.69, 9.17) is 6.42 Å². The van der Waals surface area contributed by atoms with E-state index in [-0.39, 0.29) is 17.5 Å². The number of hydrogen-bond donors (Lipinski definition) is 1. The summed E-state index contributed by atoms with van der Waals surface area (Å²) in [6.45, 7) is -0.0290. The molecular weight excluding hydrogens is 457 g/mol. The fourth-order valence-electron chi connectivity index (χ4n) is 1.55. The molecule has 0 unspecified atom stereocenters. The number of amides is 2. The Morgan fingerprint density at radius 2 is 2.20 bits per heavy atom. The molecular formula is C13H7BrINO3S. The molecule has 1 aromatic carbocycles. The molecule has 0 bridgehead atoms. The number of phenols is 1. The van der Waals surface area contributed by atoms with Crippen LogP contribution in [-0.4, -0.2) is 27.7 Å². The number of hydrogen-bond acceptors (Lipinski definition) is 4. The van der Waals surface area contributed by atoms with E-state index in [1.807, 2.05) is 22.6 Å².